The normalized spacial score (nSPS) is 10.8. The molecule has 2 aromatic rings. The zero-order valence-corrected chi connectivity index (χ0v) is 16.8. The molecule has 26 heavy (non-hydrogen) atoms. The van der Waals surface area contributed by atoms with Gasteiger partial charge in [0.15, 0.2) is 11.5 Å². The van der Waals surface area contributed by atoms with Crippen LogP contribution in [0.4, 0.5) is 0 Å². The SMILES string of the molecule is COc1cc(CNCCCCO)cc(Cl)c1OCc1c(Cl)cccc1Cl. The Labute approximate surface area is 169 Å². The van der Waals surface area contributed by atoms with Gasteiger partial charge in [-0.25, -0.2) is 0 Å². The van der Waals surface area contributed by atoms with Crippen molar-refractivity contribution in [2.75, 3.05) is 20.3 Å². The molecule has 0 aliphatic carbocycles. The second-order valence-electron chi connectivity index (χ2n) is 5.71. The predicted molar refractivity (Wildman–Crippen MR) is 107 cm³/mol. The fourth-order valence-corrected chi connectivity index (χ4v) is 3.22. The van der Waals surface area contributed by atoms with Crippen molar-refractivity contribution < 1.29 is 14.6 Å². The van der Waals surface area contributed by atoms with E-state index in [0.29, 0.717) is 38.7 Å². The lowest BCUT2D eigenvalue weighted by atomic mass is 10.2. The number of hydrogen-bond donors (Lipinski definition) is 2. The molecule has 0 amide bonds. The van der Waals surface area contributed by atoms with Crippen molar-refractivity contribution in [2.24, 2.45) is 0 Å². The van der Waals surface area contributed by atoms with Crippen LogP contribution in [0.2, 0.25) is 15.1 Å². The molecule has 0 aliphatic heterocycles. The molecular formula is C19H22Cl3NO3. The largest absolute Gasteiger partial charge is 0.493 e. The molecule has 2 N–H and O–H groups in total. The fourth-order valence-electron chi connectivity index (χ4n) is 2.42. The van der Waals surface area contributed by atoms with E-state index in [1.807, 2.05) is 12.1 Å². The number of benzene rings is 2. The van der Waals surface area contributed by atoms with Crippen LogP contribution in [-0.2, 0) is 13.2 Å². The molecule has 0 spiro atoms. The smallest absolute Gasteiger partial charge is 0.180 e. The van der Waals surface area contributed by atoms with E-state index in [2.05, 4.69) is 5.32 Å². The van der Waals surface area contributed by atoms with Crippen LogP contribution in [-0.4, -0.2) is 25.4 Å². The third kappa shape index (κ3) is 5.93. The molecule has 0 radical (unpaired) electrons. The first-order chi connectivity index (χ1) is 12.6. The minimum atomic E-state index is 0.188. The Morgan fingerprint density at radius 2 is 1.77 bits per heavy atom. The van der Waals surface area contributed by atoms with E-state index >= 15 is 0 Å². The number of methoxy groups -OCH3 is 1. The van der Waals surface area contributed by atoms with Gasteiger partial charge in [-0.15, -0.1) is 0 Å². The fraction of sp³-hybridized carbons (Fsp3) is 0.368. The average molecular weight is 419 g/mol. The highest BCUT2D eigenvalue weighted by molar-refractivity contribution is 6.36. The Hall–Kier alpha value is -1.17. The number of aliphatic hydroxyl groups is 1. The third-order valence-corrected chi connectivity index (χ3v) is 4.79. The van der Waals surface area contributed by atoms with E-state index in [4.69, 9.17) is 49.4 Å². The van der Waals surface area contributed by atoms with Crippen LogP contribution in [0.5, 0.6) is 11.5 Å². The number of unbranched alkanes of at least 4 members (excludes halogenated alkanes) is 1. The van der Waals surface area contributed by atoms with Crippen molar-refractivity contribution in [1.82, 2.24) is 5.32 Å². The number of ether oxygens (including phenoxy) is 2. The number of hydrogen-bond acceptors (Lipinski definition) is 4. The maximum Gasteiger partial charge on any atom is 0.180 e. The van der Waals surface area contributed by atoms with E-state index in [1.165, 1.54) is 0 Å². The maximum atomic E-state index is 8.79. The highest BCUT2D eigenvalue weighted by Crippen LogP contribution is 2.38. The molecule has 0 aliphatic rings. The lowest BCUT2D eigenvalue weighted by Crippen LogP contribution is -2.15. The van der Waals surface area contributed by atoms with E-state index in [-0.39, 0.29) is 13.2 Å². The molecule has 142 valence electrons. The average Bonchev–Trinajstić information content (AvgIpc) is 2.62. The van der Waals surface area contributed by atoms with Gasteiger partial charge in [0.2, 0.25) is 0 Å². The molecule has 0 saturated carbocycles. The Kier molecular flexibility index (Phi) is 8.82. The zero-order chi connectivity index (χ0) is 18.9. The van der Waals surface area contributed by atoms with Gasteiger partial charge in [-0.1, -0.05) is 40.9 Å². The van der Waals surface area contributed by atoms with Gasteiger partial charge in [-0.05, 0) is 49.2 Å². The summed E-state index contributed by atoms with van der Waals surface area (Å²) in [5.41, 5.74) is 1.68. The molecule has 2 aromatic carbocycles. The van der Waals surface area contributed by atoms with Crippen molar-refractivity contribution in [3.8, 4) is 11.5 Å². The summed E-state index contributed by atoms with van der Waals surface area (Å²) in [5.74, 6) is 1.00. The lowest BCUT2D eigenvalue weighted by Gasteiger charge is -2.15. The minimum Gasteiger partial charge on any atom is -0.493 e. The van der Waals surface area contributed by atoms with Crippen LogP contribution in [0.15, 0.2) is 30.3 Å². The van der Waals surface area contributed by atoms with Gasteiger partial charge in [0.05, 0.1) is 12.1 Å². The highest BCUT2D eigenvalue weighted by atomic mass is 35.5. The van der Waals surface area contributed by atoms with Crippen LogP contribution in [0.1, 0.15) is 24.0 Å². The standard InChI is InChI=1S/C19H22Cl3NO3/c1-25-18-10-13(11-23-7-2-3-8-24)9-17(22)19(18)26-12-14-15(20)5-4-6-16(14)21/h4-6,9-10,23-24H,2-3,7-8,11-12H2,1H3. The molecule has 0 unspecified atom stereocenters. The molecule has 0 atom stereocenters. The lowest BCUT2D eigenvalue weighted by molar-refractivity contribution is 0.283. The van der Waals surface area contributed by atoms with Gasteiger partial charge in [-0.2, -0.15) is 0 Å². The Balaban J connectivity index is 2.06. The first kappa shape index (κ1) is 21.1. The van der Waals surface area contributed by atoms with Gasteiger partial charge >= 0.3 is 0 Å². The van der Waals surface area contributed by atoms with E-state index < -0.39 is 0 Å². The molecule has 0 saturated heterocycles. The highest BCUT2D eigenvalue weighted by Gasteiger charge is 2.14. The summed E-state index contributed by atoms with van der Waals surface area (Å²) in [6.07, 6.45) is 1.70. The summed E-state index contributed by atoms with van der Waals surface area (Å²) < 4.78 is 11.3. The van der Waals surface area contributed by atoms with Gasteiger partial charge in [0.1, 0.15) is 6.61 Å². The topological polar surface area (TPSA) is 50.7 Å². The monoisotopic (exact) mass is 417 g/mol. The summed E-state index contributed by atoms with van der Waals surface area (Å²) in [4.78, 5) is 0. The summed E-state index contributed by atoms with van der Waals surface area (Å²) in [5, 5.41) is 13.6. The van der Waals surface area contributed by atoms with Crippen molar-refractivity contribution in [3.63, 3.8) is 0 Å². The molecule has 0 heterocycles. The van der Waals surface area contributed by atoms with Gasteiger partial charge in [0, 0.05) is 28.8 Å². The van der Waals surface area contributed by atoms with Crippen LogP contribution in [0, 0.1) is 0 Å². The molecular weight excluding hydrogens is 397 g/mol. The summed E-state index contributed by atoms with van der Waals surface area (Å²) >= 11 is 18.7. The van der Waals surface area contributed by atoms with Crippen molar-refractivity contribution >= 4 is 34.8 Å². The predicted octanol–water partition coefficient (Wildman–Crippen LogP) is 5.10. The van der Waals surface area contributed by atoms with Crippen LogP contribution >= 0.6 is 34.8 Å². The first-order valence-corrected chi connectivity index (χ1v) is 9.44. The van der Waals surface area contributed by atoms with Gasteiger partial charge in [0.25, 0.3) is 0 Å². The van der Waals surface area contributed by atoms with Crippen molar-refractivity contribution in [3.05, 3.63) is 56.5 Å². The summed E-state index contributed by atoms with van der Waals surface area (Å²) in [7, 11) is 1.57. The molecule has 0 aromatic heterocycles. The Bertz CT molecular complexity index is 705. The number of nitrogens with one attached hydrogen (secondary N) is 1. The van der Waals surface area contributed by atoms with E-state index in [1.54, 1.807) is 25.3 Å². The van der Waals surface area contributed by atoms with E-state index in [0.717, 1.165) is 24.9 Å². The van der Waals surface area contributed by atoms with Gasteiger partial charge in [-0.3, -0.25) is 0 Å². The maximum absolute atomic E-state index is 8.79. The van der Waals surface area contributed by atoms with Crippen LogP contribution in [0.25, 0.3) is 0 Å². The molecule has 7 heteroatoms. The van der Waals surface area contributed by atoms with Crippen molar-refractivity contribution in [1.29, 1.82) is 0 Å². The van der Waals surface area contributed by atoms with Crippen LogP contribution < -0.4 is 14.8 Å². The molecule has 4 nitrogen and oxygen atoms in total. The van der Waals surface area contributed by atoms with E-state index in [9.17, 15) is 0 Å². The third-order valence-electron chi connectivity index (χ3n) is 3.80. The second-order valence-corrected chi connectivity index (χ2v) is 6.93. The quantitative estimate of drug-likeness (QED) is 0.527. The van der Waals surface area contributed by atoms with Crippen molar-refractivity contribution in [2.45, 2.75) is 26.0 Å². The minimum absolute atomic E-state index is 0.188. The number of aliphatic hydroxyl groups excluding tert-OH is 1. The molecule has 2 rings (SSSR count). The zero-order valence-electron chi connectivity index (χ0n) is 14.5. The van der Waals surface area contributed by atoms with Gasteiger partial charge < -0.3 is 19.9 Å². The Morgan fingerprint density at radius 1 is 1.04 bits per heavy atom. The second kappa shape index (κ2) is 10.9. The Morgan fingerprint density at radius 3 is 2.42 bits per heavy atom. The summed E-state index contributed by atoms with van der Waals surface area (Å²) in [6, 6.07) is 9.03. The number of halogens is 3. The molecule has 0 bridgehead atoms. The number of rotatable bonds is 10. The summed E-state index contributed by atoms with van der Waals surface area (Å²) in [6.45, 7) is 1.87. The van der Waals surface area contributed by atoms with Crippen LogP contribution in [0.3, 0.4) is 0 Å². The first-order valence-electron chi connectivity index (χ1n) is 8.30. The molecule has 0 fully saturated rings.